The summed E-state index contributed by atoms with van der Waals surface area (Å²) in [6, 6.07) is 51.2. The van der Waals surface area contributed by atoms with Gasteiger partial charge in [0.2, 0.25) is 0 Å². The van der Waals surface area contributed by atoms with Gasteiger partial charge < -0.3 is 13.6 Å². The van der Waals surface area contributed by atoms with Gasteiger partial charge in [0.1, 0.15) is 11.2 Å². The van der Waals surface area contributed by atoms with Gasteiger partial charge in [0.15, 0.2) is 0 Å². The lowest BCUT2D eigenvalue weighted by Gasteiger charge is -2.21. The molecule has 5 heteroatoms. The second-order valence-corrected chi connectivity index (χ2v) is 14.4. The summed E-state index contributed by atoms with van der Waals surface area (Å²) in [6.07, 6.45) is 0. The fraction of sp³-hybridized carbons (Fsp3) is 0.0638. The molecular weight excluding hydrogens is 637 g/mol. The summed E-state index contributed by atoms with van der Waals surface area (Å²) in [5.74, 6) is 0. The Balaban J connectivity index is 1.19. The molecule has 0 radical (unpaired) electrons. The standard InChI is InChI=1S/C47H28N4O/c1-47(2)38-16-11-27(25-48)22-37(38)45-39(47)17-15-33-31-7-3-6-10-41(31)51(46(33)45)30-14-20-44-36(24-30)35-23-29(13-19-43(35)52-44)50-40-9-5-4-8-32(40)34-21-28(26-49)12-18-42(34)50/h3-24H,1-2H3. The zero-order valence-corrected chi connectivity index (χ0v) is 28.4. The van der Waals surface area contributed by atoms with E-state index >= 15 is 0 Å². The van der Waals surface area contributed by atoms with Crippen molar-refractivity contribution in [1.82, 2.24) is 9.13 Å². The second kappa shape index (κ2) is 10.0. The lowest BCUT2D eigenvalue weighted by Crippen LogP contribution is -2.14. The van der Waals surface area contributed by atoms with Crippen molar-refractivity contribution in [2.45, 2.75) is 19.3 Å². The number of hydrogen-bond acceptors (Lipinski definition) is 3. The smallest absolute Gasteiger partial charge is 0.135 e. The predicted molar refractivity (Wildman–Crippen MR) is 209 cm³/mol. The van der Waals surface area contributed by atoms with E-state index in [1.165, 1.54) is 27.5 Å². The first-order chi connectivity index (χ1) is 25.4. The number of benzene rings is 7. The van der Waals surface area contributed by atoms with Crippen LogP contribution in [0.2, 0.25) is 0 Å². The number of nitrogens with zero attached hydrogens (tertiary/aromatic N) is 4. The molecule has 0 unspecified atom stereocenters. The molecule has 0 atom stereocenters. The fourth-order valence-corrected chi connectivity index (χ4v) is 8.98. The number of nitriles is 2. The molecule has 5 nitrogen and oxygen atoms in total. The summed E-state index contributed by atoms with van der Waals surface area (Å²) < 4.78 is 11.1. The van der Waals surface area contributed by atoms with Crippen LogP contribution < -0.4 is 0 Å². The van der Waals surface area contributed by atoms with Gasteiger partial charge in [0.05, 0.1) is 45.3 Å². The van der Waals surface area contributed by atoms with Crippen molar-refractivity contribution in [3.05, 3.63) is 156 Å². The maximum Gasteiger partial charge on any atom is 0.135 e. The van der Waals surface area contributed by atoms with Crippen LogP contribution >= 0.6 is 0 Å². The molecule has 0 amide bonds. The van der Waals surface area contributed by atoms with Crippen LogP contribution in [0.15, 0.2) is 138 Å². The van der Waals surface area contributed by atoms with Gasteiger partial charge in [-0.3, -0.25) is 0 Å². The van der Waals surface area contributed by atoms with Gasteiger partial charge >= 0.3 is 0 Å². The third kappa shape index (κ3) is 3.64. The van der Waals surface area contributed by atoms with Crippen LogP contribution in [0.1, 0.15) is 36.1 Å². The van der Waals surface area contributed by atoms with E-state index in [1.54, 1.807) is 0 Å². The highest BCUT2D eigenvalue weighted by atomic mass is 16.3. The van der Waals surface area contributed by atoms with Crippen LogP contribution in [-0.4, -0.2) is 9.13 Å². The topological polar surface area (TPSA) is 70.6 Å². The van der Waals surface area contributed by atoms with Crippen LogP contribution in [0.4, 0.5) is 0 Å². The van der Waals surface area contributed by atoms with E-state index in [-0.39, 0.29) is 5.41 Å². The summed E-state index contributed by atoms with van der Waals surface area (Å²) in [7, 11) is 0. The molecule has 10 aromatic rings. The Bertz CT molecular complexity index is 3300. The van der Waals surface area contributed by atoms with Crippen molar-refractivity contribution in [2.24, 2.45) is 0 Å². The molecule has 0 N–H and O–H groups in total. The van der Waals surface area contributed by atoms with E-state index < -0.39 is 0 Å². The summed E-state index contributed by atoms with van der Waals surface area (Å²) in [4.78, 5) is 0. The molecule has 7 aromatic carbocycles. The van der Waals surface area contributed by atoms with Gasteiger partial charge in [-0.2, -0.15) is 10.5 Å². The molecule has 11 rings (SSSR count). The second-order valence-electron chi connectivity index (χ2n) is 14.4. The SMILES string of the molecule is CC1(C)c2ccc(C#N)cc2-c2c1ccc1c3ccccc3n(-c3ccc4oc5ccc(-n6c7ccccc7c7cc(C#N)ccc76)cc5c4c3)c21. The number of para-hydroxylation sites is 2. The summed E-state index contributed by atoms with van der Waals surface area (Å²) in [5.41, 5.74) is 14.1. The number of rotatable bonds is 2. The number of aromatic nitrogens is 2. The van der Waals surface area contributed by atoms with E-state index in [2.05, 4.69) is 138 Å². The van der Waals surface area contributed by atoms with Gasteiger partial charge in [-0.1, -0.05) is 68.4 Å². The fourth-order valence-electron chi connectivity index (χ4n) is 8.98. The van der Waals surface area contributed by atoms with Crippen molar-refractivity contribution in [2.75, 3.05) is 0 Å². The minimum atomic E-state index is -0.210. The minimum absolute atomic E-state index is 0.210. The predicted octanol–water partition coefficient (Wildman–Crippen LogP) is 11.8. The summed E-state index contributed by atoms with van der Waals surface area (Å²) >= 11 is 0. The van der Waals surface area contributed by atoms with Gasteiger partial charge in [-0.05, 0) is 95.6 Å². The van der Waals surface area contributed by atoms with Crippen LogP contribution in [0.25, 0.3) is 88.1 Å². The minimum Gasteiger partial charge on any atom is -0.456 e. The molecule has 0 saturated carbocycles. The molecule has 0 bridgehead atoms. The molecular formula is C47H28N4O. The van der Waals surface area contributed by atoms with E-state index in [0.717, 1.165) is 71.7 Å². The lowest BCUT2D eigenvalue weighted by molar-refractivity contribution is 0.660. The highest BCUT2D eigenvalue weighted by Gasteiger charge is 2.38. The van der Waals surface area contributed by atoms with Gasteiger partial charge in [0.25, 0.3) is 0 Å². The Morgan fingerprint density at radius 1 is 0.500 bits per heavy atom. The molecule has 1 aliphatic carbocycles. The molecule has 1 aliphatic rings. The number of furan rings is 1. The van der Waals surface area contributed by atoms with Crippen molar-refractivity contribution < 1.29 is 4.42 Å². The molecule has 0 spiro atoms. The highest BCUT2D eigenvalue weighted by molar-refractivity contribution is 6.16. The Morgan fingerprint density at radius 3 is 1.79 bits per heavy atom. The largest absolute Gasteiger partial charge is 0.456 e. The van der Waals surface area contributed by atoms with Crippen molar-refractivity contribution in [3.63, 3.8) is 0 Å². The summed E-state index contributed by atoms with van der Waals surface area (Å²) in [6.45, 7) is 4.56. The molecule has 3 heterocycles. The zero-order valence-electron chi connectivity index (χ0n) is 28.4. The molecule has 0 saturated heterocycles. The average Bonchev–Trinajstić information content (AvgIpc) is 3.89. The first kappa shape index (κ1) is 28.7. The third-order valence-corrected chi connectivity index (χ3v) is 11.4. The third-order valence-electron chi connectivity index (χ3n) is 11.4. The first-order valence-corrected chi connectivity index (χ1v) is 17.5. The summed E-state index contributed by atoms with van der Waals surface area (Å²) in [5, 5.41) is 26.2. The zero-order chi connectivity index (χ0) is 34.9. The van der Waals surface area contributed by atoms with Crippen LogP contribution in [0, 0.1) is 22.7 Å². The average molecular weight is 665 g/mol. The van der Waals surface area contributed by atoms with Gasteiger partial charge in [-0.15, -0.1) is 0 Å². The Labute approximate surface area is 298 Å². The lowest BCUT2D eigenvalue weighted by atomic mass is 9.82. The van der Waals surface area contributed by atoms with Crippen molar-refractivity contribution >= 4 is 65.6 Å². The van der Waals surface area contributed by atoms with Crippen LogP contribution in [0.3, 0.4) is 0 Å². The quantitative estimate of drug-likeness (QED) is 0.185. The van der Waals surface area contributed by atoms with Gasteiger partial charge in [-0.25, -0.2) is 0 Å². The van der Waals surface area contributed by atoms with E-state index in [9.17, 15) is 10.5 Å². The van der Waals surface area contributed by atoms with Gasteiger partial charge in [0, 0.05) is 54.7 Å². The molecule has 3 aromatic heterocycles. The maximum absolute atomic E-state index is 9.90. The molecule has 242 valence electrons. The number of hydrogen-bond donors (Lipinski definition) is 0. The first-order valence-electron chi connectivity index (χ1n) is 17.5. The number of fused-ring (bicyclic) bond motifs is 13. The normalized spacial score (nSPS) is 13.3. The van der Waals surface area contributed by atoms with E-state index in [1.807, 2.05) is 30.3 Å². The van der Waals surface area contributed by atoms with E-state index in [0.29, 0.717) is 11.1 Å². The molecule has 0 aliphatic heterocycles. The maximum atomic E-state index is 9.90. The van der Waals surface area contributed by atoms with E-state index in [4.69, 9.17) is 4.42 Å². The van der Waals surface area contributed by atoms with Crippen LogP contribution in [-0.2, 0) is 5.41 Å². The Kier molecular flexibility index (Phi) is 5.53. The Morgan fingerprint density at radius 2 is 1.08 bits per heavy atom. The molecule has 0 fully saturated rings. The van der Waals surface area contributed by atoms with Crippen molar-refractivity contribution in [3.8, 4) is 34.6 Å². The van der Waals surface area contributed by atoms with Crippen LogP contribution in [0.5, 0.6) is 0 Å². The van der Waals surface area contributed by atoms with Crippen molar-refractivity contribution in [1.29, 1.82) is 10.5 Å². The highest BCUT2D eigenvalue weighted by Crippen LogP contribution is 2.53. The monoisotopic (exact) mass is 664 g/mol. The molecule has 52 heavy (non-hydrogen) atoms. The Hall–Kier alpha value is -7.08.